The molecule has 1 atom stereocenters. The second kappa shape index (κ2) is 4.49. The van der Waals surface area contributed by atoms with Crippen molar-refractivity contribution >= 4 is 5.78 Å². The van der Waals surface area contributed by atoms with Crippen LogP contribution in [0.3, 0.4) is 0 Å². The summed E-state index contributed by atoms with van der Waals surface area (Å²) in [7, 11) is 0. The largest absolute Gasteiger partial charge is 0.370 e. The Morgan fingerprint density at radius 1 is 1.60 bits per heavy atom. The quantitative estimate of drug-likeness (QED) is 0.685. The van der Waals surface area contributed by atoms with Crippen molar-refractivity contribution in [1.29, 1.82) is 0 Å². The molecule has 1 unspecified atom stereocenters. The zero-order valence-corrected chi connectivity index (χ0v) is 8.72. The van der Waals surface area contributed by atoms with Crippen molar-refractivity contribution in [2.45, 2.75) is 25.9 Å². The average molecular weight is 206 g/mol. The molecular weight excluding hydrogens is 192 g/mol. The Morgan fingerprint density at radius 2 is 2.40 bits per heavy atom. The number of ether oxygens (including phenoxy) is 1. The maximum Gasteiger partial charge on any atom is 0.211 e. The van der Waals surface area contributed by atoms with Crippen LogP contribution in [0.15, 0.2) is 18.6 Å². The fourth-order valence-corrected chi connectivity index (χ4v) is 1.58. The van der Waals surface area contributed by atoms with Crippen LogP contribution in [0.2, 0.25) is 0 Å². The molecule has 1 aromatic heterocycles. The van der Waals surface area contributed by atoms with E-state index in [4.69, 9.17) is 4.74 Å². The van der Waals surface area contributed by atoms with E-state index in [0.717, 1.165) is 12.8 Å². The molecule has 1 aliphatic carbocycles. The number of hydrogen-bond acceptors (Lipinski definition) is 4. The number of aromatic nitrogens is 2. The van der Waals surface area contributed by atoms with E-state index in [9.17, 15) is 4.79 Å². The van der Waals surface area contributed by atoms with Crippen molar-refractivity contribution in [3.8, 4) is 0 Å². The van der Waals surface area contributed by atoms with Crippen LogP contribution in [0.25, 0.3) is 0 Å². The van der Waals surface area contributed by atoms with Crippen LogP contribution in [-0.4, -0.2) is 28.5 Å². The summed E-state index contributed by atoms with van der Waals surface area (Å²) in [4.78, 5) is 19.9. The number of carbonyl (C=O) groups is 1. The summed E-state index contributed by atoms with van der Waals surface area (Å²) in [6.07, 6.45) is 6.43. The van der Waals surface area contributed by atoms with E-state index in [-0.39, 0.29) is 11.9 Å². The molecular formula is C11H14N2O2. The van der Waals surface area contributed by atoms with E-state index in [2.05, 4.69) is 9.97 Å². The predicted molar refractivity (Wildman–Crippen MR) is 54.5 cm³/mol. The molecule has 0 N–H and O–H groups in total. The molecule has 1 saturated carbocycles. The third kappa shape index (κ3) is 2.39. The van der Waals surface area contributed by atoms with Crippen LogP contribution < -0.4 is 0 Å². The van der Waals surface area contributed by atoms with Crippen LogP contribution in [0, 0.1) is 5.92 Å². The predicted octanol–water partition coefficient (Wildman–Crippen LogP) is 1.47. The summed E-state index contributed by atoms with van der Waals surface area (Å²) in [6.45, 7) is 2.46. The third-order valence-corrected chi connectivity index (χ3v) is 2.47. The monoisotopic (exact) mass is 206 g/mol. The standard InChI is InChI=1S/C11H14N2O2/c1-2-15-11(8-3-4-8)10(14)9-7-12-5-6-13-9/h5-8,11H,2-4H2,1H3. The van der Waals surface area contributed by atoms with Crippen LogP contribution >= 0.6 is 0 Å². The number of Topliss-reactive ketones (excluding diaryl/α,β-unsaturated/α-hetero) is 1. The summed E-state index contributed by atoms with van der Waals surface area (Å²) < 4.78 is 5.46. The van der Waals surface area contributed by atoms with Gasteiger partial charge in [-0.2, -0.15) is 0 Å². The molecule has 15 heavy (non-hydrogen) atoms. The Hall–Kier alpha value is -1.29. The highest BCUT2D eigenvalue weighted by atomic mass is 16.5. The van der Waals surface area contributed by atoms with Gasteiger partial charge < -0.3 is 4.74 Å². The van der Waals surface area contributed by atoms with Gasteiger partial charge >= 0.3 is 0 Å². The maximum absolute atomic E-state index is 12.0. The molecule has 1 aromatic rings. The van der Waals surface area contributed by atoms with Gasteiger partial charge in [-0.1, -0.05) is 0 Å². The Balaban J connectivity index is 2.10. The summed E-state index contributed by atoms with van der Waals surface area (Å²) in [5, 5.41) is 0. The van der Waals surface area contributed by atoms with Gasteiger partial charge in [0.2, 0.25) is 5.78 Å². The molecule has 0 saturated heterocycles. The number of hydrogen-bond donors (Lipinski definition) is 0. The minimum atomic E-state index is -0.313. The minimum absolute atomic E-state index is 0.0348. The van der Waals surface area contributed by atoms with Gasteiger partial charge in [-0.3, -0.25) is 9.78 Å². The van der Waals surface area contributed by atoms with Crippen molar-refractivity contribution in [3.63, 3.8) is 0 Å². The Bertz CT molecular complexity index is 336. The highest BCUT2D eigenvalue weighted by Gasteiger charge is 2.37. The van der Waals surface area contributed by atoms with Crippen molar-refractivity contribution < 1.29 is 9.53 Å². The zero-order chi connectivity index (χ0) is 10.7. The Labute approximate surface area is 88.7 Å². The summed E-state index contributed by atoms with van der Waals surface area (Å²) in [5.41, 5.74) is 0.405. The van der Waals surface area contributed by atoms with Crippen molar-refractivity contribution in [1.82, 2.24) is 9.97 Å². The van der Waals surface area contributed by atoms with Gasteiger partial charge in [0.25, 0.3) is 0 Å². The van der Waals surface area contributed by atoms with Gasteiger partial charge in [0.05, 0.1) is 6.20 Å². The number of rotatable bonds is 5. The first kappa shape index (κ1) is 10.2. The minimum Gasteiger partial charge on any atom is -0.370 e. The Morgan fingerprint density at radius 3 is 2.93 bits per heavy atom. The van der Waals surface area contributed by atoms with Crippen molar-refractivity contribution in [3.05, 3.63) is 24.3 Å². The van der Waals surface area contributed by atoms with Crippen LogP contribution in [0.4, 0.5) is 0 Å². The van der Waals surface area contributed by atoms with Crippen LogP contribution in [0.5, 0.6) is 0 Å². The lowest BCUT2D eigenvalue weighted by Crippen LogP contribution is -2.27. The van der Waals surface area contributed by atoms with E-state index in [1.54, 1.807) is 6.20 Å². The van der Waals surface area contributed by atoms with Crippen LogP contribution in [0.1, 0.15) is 30.3 Å². The molecule has 4 nitrogen and oxygen atoms in total. The lowest BCUT2D eigenvalue weighted by Gasteiger charge is -2.13. The topological polar surface area (TPSA) is 52.1 Å². The molecule has 0 amide bonds. The first-order valence-electron chi connectivity index (χ1n) is 5.24. The SMILES string of the molecule is CCOC(C(=O)c1cnccn1)C1CC1. The maximum atomic E-state index is 12.0. The first-order valence-corrected chi connectivity index (χ1v) is 5.24. The van der Waals surface area contributed by atoms with E-state index < -0.39 is 0 Å². The number of ketones is 1. The second-order valence-corrected chi connectivity index (χ2v) is 3.67. The number of carbonyl (C=O) groups excluding carboxylic acids is 1. The van der Waals surface area contributed by atoms with Gasteiger partial charge in [0.1, 0.15) is 11.8 Å². The molecule has 0 spiro atoms. The van der Waals surface area contributed by atoms with Gasteiger partial charge in [0.15, 0.2) is 0 Å². The highest BCUT2D eigenvalue weighted by Crippen LogP contribution is 2.35. The van der Waals surface area contributed by atoms with E-state index in [1.807, 2.05) is 6.92 Å². The molecule has 0 radical (unpaired) electrons. The third-order valence-electron chi connectivity index (χ3n) is 2.47. The fraction of sp³-hybridized carbons (Fsp3) is 0.545. The van der Waals surface area contributed by atoms with Crippen LogP contribution in [-0.2, 0) is 4.74 Å². The molecule has 4 heteroatoms. The van der Waals surface area contributed by atoms with E-state index in [0.29, 0.717) is 18.2 Å². The smallest absolute Gasteiger partial charge is 0.211 e. The fourth-order valence-electron chi connectivity index (χ4n) is 1.58. The highest BCUT2D eigenvalue weighted by molar-refractivity contribution is 5.97. The lowest BCUT2D eigenvalue weighted by molar-refractivity contribution is 0.0370. The molecule has 1 aliphatic rings. The van der Waals surface area contributed by atoms with Gasteiger partial charge in [-0.05, 0) is 25.7 Å². The number of nitrogens with zero attached hydrogens (tertiary/aromatic N) is 2. The Kier molecular flexibility index (Phi) is 3.06. The molecule has 1 heterocycles. The normalized spacial score (nSPS) is 17.4. The molecule has 0 aliphatic heterocycles. The molecule has 80 valence electrons. The van der Waals surface area contributed by atoms with Gasteiger partial charge in [-0.25, -0.2) is 4.98 Å². The first-order chi connectivity index (χ1) is 7.33. The van der Waals surface area contributed by atoms with E-state index >= 15 is 0 Å². The van der Waals surface area contributed by atoms with Crippen molar-refractivity contribution in [2.24, 2.45) is 5.92 Å². The summed E-state index contributed by atoms with van der Waals surface area (Å²) in [5.74, 6) is 0.354. The van der Waals surface area contributed by atoms with Gasteiger partial charge in [-0.15, -0.1) is 0 Å². The second-order valence-electron chi connectivity index (χ2n) is 3.67. The van der Waals surface area contributed by atoms with Crippen molar-refractivity contribution in [2.75, 3.05) is 6.61 Å². The average Bonchev–Trinajstić information content (AvgIpc) is 3.10. The zero-order valence-electron chi connectivity index (χ0n) is 8.72. The summed E-state index contributed by atoms with van der Waals surface area (Å²) in [6, 6.07) is 0. The summed E-state index contributed by atoms with van der Waals surface area (Å²) >= 11 is 0. The lowest BCUT2D eigenvalue weighted by atomic mass is 10.1. The van der Waals surface area contributed by atoms with E-state index in [1.165, 1.54) is 12.4 Å². The molecule has 2 rings (SSSR count). The molecule has 0 bridgehead atoms. The van der Waals surface area contributed by atoms with Gasteiger partial charge in [0, 0.05) is 19.0 Å². The molecule has 0 aromatic carbocycles. The molecule has 1 fully saturated rings.